The summed E-state index contributed by atoms with van der Waals surface area (Å²) in [6.07, 6.45) is 0. The molecule has 0 unspecified atom stereocenters. The largest absolute Gasteiger partial charge is 0.378 e. The average Bonchev–Trinajstić information content (AvgIpc) is 2.27. The summed E-state index contributed by atoms with van der Waals surface area (Å²) >= 11 is 3.60. The van der Waals surface area contributed by atoms with Crippen molar-refractivity contribution in [2.24, 2.45) is 0 Å². The summed E-state index contributed by atoms with van der Waals surface area (Å²) in [6.45, 7) is 6.97. The smallest absolute Gasteiger partial charge is 0.0597 e. The summed E-state index contributed by atoms with van der Waals surface area (Å²) in [4.78, 5) is 4.49. The Balaban J connectivity index is 2.16. The van der Waals surface area contributed by atoms with E-state index in [1.165, 1.54) is 11.1 Å². The lowest BCUT2D eigenvalue weighted by molar-refractivity contribution is 1.01. The van der Waals surface area contributed by atoms with Gasteiger partial charge >= 0.3 is 0 Å². The second-order valence-electron chi connectivity index (χ2n) is 4.56. The number of aryl methyl sites for hydroxylation is 3. The van der Waals surface area contributed by atoms with Crippen LogP contribution >= 0.6 is 15.9 Å². The van der Waals surface area contributed by atoms with Crippen LogP contribution in [0.4, 0.5) is 5.69 Å². The molecule has 1 heterocycles. The lowest BCUT2D eigenvalue weighted by atomic mass is 10.1. The van der Waals surface area contributed by atoms with Gasteiger partial charge in [0.25, 0.3) is 0 Å². The summed E-state index contributed by atoms with van der Waals surface area (Å²) in [6, 6.07) is 10.4. The molecule has 0 spiro atoms. The highest BCUT2D eigenvalue weighted by Crippen LogP contribution is 2.28. The van der Waals surface area contributed by atoms with Crippen molar-refractivity contribution in [3.05, 3.63) is 57.3 Å². The van der Waals surface area contributed by atoms with Gasteiger partial charge in [-0.3, -0.25) is 4.98 Å². The van der Waals surface area contributed by atoms with Crippen LogP contribution in [0, 0.1) is 20.8 Å². The number of nitrogens with one attached hydrogen (secondary N) is 1. The van der Waals surface area contributed by atoms with Gasteiger partial charge in [-0.15, -0.1) is 0 Å². The SMILES string of the molecule is Cc1cc(C)c(NCc2cccc(C)n2)c(Br)c1. The maximum absolute atomic E-state index is 4.49. The Morgan fingerprint density at radius 3 is 2.61 bits per heavy atom. The highest BCUT2D eigenvalue weighted by molar-refractivity contribution is 9.10. The maximum Gasteiger partial charge on any atom is 0.0597 e. The van der Waals surface area contributed by atoms with Crippen LogP contribution in [-0.2, 0) is 6.54 Å². The van der Waals surface area contributed by atoms with Crippen LogP contribution in [0.5, 0.6) is 0 Å². The van der Waals surface area contributed by atoms with Crippen LogP contribution in [0.25, 0.3) is 0 Å². The first-order chi connectivity index (χ1) is 8.56. The topological polar surface area (TPSA) is 24.9 Å². The minimum absolute atomic E-state index is 0.740. The highest BCUT2D eigenvalue weighted by atomic mass is 79.9. The molecule has 94 valence electrons. The molecular weight excluding hydrogens is 288 g/mol. The molecule has 3 heteroatoms. The summed E-state index contributed by atoms with van der Waals surface area (Å²) in [5.74, 6) is 0. The van der Waals surface area contributed by atoms with E-state index in [1.54, 1.807) is 0 Å². The van der Waals surface area contributed by atoms with E-state index >= 15 is 0 Å². The van der Waals surface area contributed by atoms with Gasteiger partial charge in [-0.25, -0.2) is 0 Å². The standard InChI is InChI=1S/C15H17BrN2/c1-10-7-11(2)15(14(16)8-10)17-9-13-6-4-5-12(3)18-13/h4-8,17H,9H2,1-3H3. The Labute approximate surface area is 117 Å². The van der Waals surface area contributed by atoms with E-state index < -0.39 is 0 Å². The van der Waals surface area contributed by atoms with Gasteiger partial charge < -0.3 is 5.32 Å². The zero-order valence-electron chi connectivity index (χ0n) is 10.9. The first-order valence-electron chi connectivity index (χ1n) is 5.99. The van der Waals surface area contributed by atoms with Crippen molar-refractivity contribution in [2.75, 3.05) is 5.32 Å². The van der Waals surface area contributed by atoms with Crippen molar-refractivity contribution >= 4 is 21.6 Å². The van der Waals surface area contributed by atoms with Crippen molar-refractivity contribution in [3.8, 4) is 0 Å². The van der Waals surface area contributed by atoms with Gasteiger partial charge in [-0.2, -0.15) is 0 Å². The molecule has 1 aromatic carbocycles. The Morgan fingerprint density at radius 2 is 1.94 bits per heavy atom. The Morgan fingerprint density at radius 1 is 1.17 bits per heavy atom. The van der Waals surface area contributed by atoms with Gasteiger partial charge in [0.15, 0.2) is 0 Å². The predicted molar refractivity (Wildman–Crippen MR) is 79.9 cm³/mol. The van der Waals surface area contributed by atoms with Gasteiger partial charge in [0.2, 0.25) is 0 Å². The Kier molecular flexibility index (Phi) is 4.02. The van der Waals surface area contributed by atoms with Crippen LogP contribution in [-0.4, -0.2) is 4.98 Å². The number of pyridine rings is 1. The fourth-order valence-electron chi connectivity index (χ4n) is 2.02. The fourth-order valence-corrected chi connectivity index (χ4v) is 2.83. The van der Waals surface area contributed by atoms with E-state index in [4.69, 9.17) is 0 Å². The predicted octanol–water partition coefficient (Wildman–Crippen LogP) is 4.38. The van der Waals surface area contributed by atoms with Crippen LogP contribution in [0.2, 0.25) is 0 Å². The Hall–Kier alpha value is -1.35. The molecular formula is C15H17BrN2. The van der Waals surface area contributed by atoms with Crippen LogP contribution in [0.1, 0.15) is 22.5 Å². The first-order valence-corrected chi connectivity index (χ1v) is 6.79. The second-order valence-corrected chi connectivity index (χ2v) is 5.42. The molecule has 0 aliphatic carbocycles. The molecule has 2 rings (SSSR count). The Bertz CT molecular complexity index is 541. The minimum atomic E-state index is 0.740. The third-order valence-corrected chi connectivity index (χ3v) is 3.45. The number of hydrogen-bond donors (Lipinski definition) is 1. The van der Waals surface area contributed by atoms with E-state index in [-0.39, 0.29) is 0 Å². The molecule has 18 heavy (non-hydrogen) atoms. The van der Waals surface area contributed by atoms with E-state index in [2.05, 4.69) is 52.2 Å². The quantitative estimate of drug-likeness (QED) is 0.910. The highest BCUT2D eigenvalue weighted by Gasteiger charge is 2.05. The minimum Gasteiger partial charge on any atom is -0.378 e. The first kappa shape index (κ1) is 13.1. The van der Waals surface area contributed by atoms with E-state index in [0.717, 1.165) is 28.1 Å². The van der Waals surface area contributed by atoms with Crippen molar-refractivity contribution in [2.45, 2.75) is 27.3 Å². The zero-order chi connectivity index (χ0) is 13.1. The van der Waals surface area contributed by atoms with Crippen molar-refractivity contribution in [1.82, 2.24) is 4.98 Å². The number of hydrogen-bond acceptors (Lipinski definition) is 2. The monoisotopic (exact) mass is 304 g/mol. The van der Waals surface area contributed by atoms with Gasteiger partial charge in [0.05, 0.1) is 17.9 Å². The lowest BCUT2D eigenvalue weighted by Gasteiger charge is -2.12. The number of rotatable bonds is 3. The van der Waals surface area contributed by atoms with Crippen LogP contribution < -0.4 is 5.32 Å². The molecule has 0 amide bonds. The summed E-state index contributed by atoms with van der Waals surface area (Å²) in [5, 5.41) is 3.44. The maximum atomic E-state index is 4.49. The van der Waals surface area contributed by atoms with Crippen LogP contribution in [0.15, 0.2) is 34.8 Å². The number of benzene rings is 1. The number of halogens is 1. The molecule has 2 nitrogen and oxygen atoms in total. The van der Waals surface area contributed by atoms with Crippen LogP contribution in [0.3, 0.4) is 0 Å². The van der Waals surface area contributed by atoms with Crippen molar-refractivity contribution in [1.29, 1.82) is 0 Å². The van der Waals surface area contributed by atoms with Gasteiger partial charge in [0.1, 0.15) is 0 Å². The van der Waals surface area contributed by atoms with Gasteiger partial charge in [-0.1, -0.05) is 12.1 Å². The van der Waals surface area contributed by atoms with Crippen molar-refractivity contribution < 1.29 is 0 Å². The average molecular weight is 305 g/mol. The molecule has 0 bridgehead atoms. The van der Waals surface area contributed by atoms with E-state index in [1.807, 2.05) is 25.1 Å². The molecule has 0 fully saturated rings. The van der Waals surface area contributed by atoms with Crippen molar-refractivity contribution in [3.63, 3.8) is 0 Å². The van der Waals surface area contributed by atoms with E-state index in [9.17, 15) is 0 Å². The summed E-state index contributed by atoms with van der Waals surface area (Å²) in [7, 11) is 0. The summed E-state index contributed by atoms with van der Waals surface area (Å²) in [5.41, 5.74) is 5.76. The second kappa shape index (κ2) is 5.53. The molecule has 0 aliphatic rings. The molecule has 1 N–H and O–H groups in total. The molecule has 0 atom stereocenters. The summed E-state index contributed by atoms with van der Waals surface area (Å²) < 4.78 is 1.10. The molecule has 1 aromatic heterocycles. The lowest BCUT2D eigenvalue weighted by Crippen LogP contribution is -2.04. The molecule has 0 saturated carbocycles. The third-order valence-electron chi connectivity index (χ3n) is 2.82. The normalized spacial score (nSPS) is 10.4. The zero-order valence-corrected chi connectivity index (χ0v) is 12.5. The molecule has 0 radical (unpaired) electrons. The van der Waals surface area contributed by atoms with E-state index in [0.29, 0.717) is 0 Å². The third kappa shape index (κ3) is 3.10. The number of aromatic nitrogens is 1. The molecule has 0 saturated heterocycles. The number of anilines is 1. The molecule has 2 aromatic rings. The fraction of sp³-hybridized carbons (Fsp3) is 0.267. The van der Waals surface area contributed by atoms with Gasteiger partial charge in [0, 0.05) is 10.2 Å². The van der Waals surface area contributed by atoms with Gasteiger partial charge in [-0.05, 0) is 66.0 Å². The molecule has 0 aliphatic heterocycles. The number of nitrogens with zero attached hydrogens (tertiary/aromatic N) is 1.